The Labute approximate surface area is 161 Å². The standard InChI is InChI=1S/C21H19F2N3O2/c1-14(20(28)26-13-21(22,23)10-16(26)11-24)9-19(27)17-7-8-25-12-18(17)15-5-3-2-4-6-15/h2-8,12,14,16H,9-10,13H2,1H3/t14?,16-/m0/s1. The molecule has 1 fully saturated rings. The maximum atomic E-state index is 13.6. The van der Waals surface area contributed by atoms with Crippen LogP contribution in [0.5, 0.6) is 0 Å². The fraction of sp³-hybridized carbons (Fsp3) is 0.333. The maximum absolute atomic E-state index is 13.6. The lowest BCUT2D eigenvalue weighted by atomic mass is 9.93. The van der Waals surface area contributed by atoms with Crippen molar-refractivity contribution in [2.45, 2.75) is 31.7 Å². The molecule has 0 N–H and O–H groups in total. The van der Waals surface area contributed by atoms with Gasteiger partial charge in [0, 0.05) is 42.3 Å². The molecule has 2 heterocycles. The first-order valence-corrected chi connectivity index (χ1v) is 8.93. The van der Waals surface area contributed by atoms with Crippen LogP contribution in [-0.4, -0.2) is 40.1 Å². The van der Waals surface area contributed by atoms with Crippen LogP contribution in [0.4, 0.5) is 8.78 Å². The number of ketones is 1. The number of Topliss-reactive ketones (excluding diaryl/α,β-unsaturated/α-hetero) is 1. The van der Waals surface area contributed by atoms with E-state index < -0.39 is 36.8 Å². The third-order valence-electron chi connectivity index (χ3n) is 4.82. The lowest BCUT2D eigenvalue weighted by Gasteiger charge is -2.23. The number of aromatic nitrogens is 1. The van der Waals surface area contributed by atoms with E-state index in [1.165, 1.54) is 13.1 Å². The predicted octanol–water partition coefficient (Wildman–Crippen LogP) is 3.72. The quantitative estimate of drug-likeness (QED) is 0.738. The van der Waals surface area contributed by atoms with Gasteiger partial charge in [-0.05, 0) is 11.6 Å². The first-order valence-electron chi connectivity index (χ1n) is 8.93. The molecule has 0 aliphatic carbocycles. The van der Waals surface area contributed by atoms with Gasteiger partial charge in [-0.3, -0.25) is 14.6 Å². The SMILES string of the molecule is CC(CC(=O)c1ccncc1-c1ccccc1)C(=O)N1CC(F)(F)C[C@H]1C#N. The Morgan fingerprint density at radius 2 is 2.04 bits per heavy atom. The Morgan fingerprint density at radius 1 is 1.32 bits per heavy atom. The highest BCUT2D eigenvalue weighted by atomic mass is 19.3. The van der Waals surface area contributed by atoms with E-state index in [-0.39, 0.29) is 12.2 Å². The molecule has 0 bridgehead atoms. The molecule has 5 nitrogen and oxygen atoms in total. The van der Waals surface area contributed by atoms with Crippen molar-refractivity contribution in [3.63, 3.8) is 0 Å². The van der Waals surface area contributed by atoms with E-state index >= 15 is 0 Å². The van der Waals surface area contributed by atoms with Gasteiger partial charge in [0.1, 0.15) is 6.04 Å². The minimum absolute atomic E-state index is 0.136. The Kier molecular flexibility index (Phi) is 5.50. The lowest BCUT2D eigenvalue weighted by molar-refractivity contribution is -0.136. The van der Waals surface area contributed by atoms with Gasteiger partial charge >= 0.3 is 0 Å². The first-order chi connectivity index (χ1) is 13.3. The van der Waals surface area contributed by atoms with Crippen LogP contribution in [0.15, 0.2) is 48.8 Å². The van der Waals surface area contributed by atoms with Crippen molar-refractivity contribution in [1.82, 2.24) is 9.88 Å². The number of halogens is 2. The number of rotatable bonds is 5. The predicted molar refractivity (Wildman–Crippen MR) is 98.5 cm³/mol. The zero-order valence-corrected chi connectivity index (χ0v) is 15.3. The molecule has 1 aromatic carbocycles. The Bertz CT molecular complexity index is 925. The van der Waals surface area contributed by atoms with E-state index in [0.717, 1.165) is 10.5 Å². The third kappa shape index (κ3) is 4.06. The zero-order chi connectivity index (χ0) is 20.3. The normalized spacial score (nSPS) is 19.1. The molecule has 144 valence electrons. The van der Waals surface area contributed by atoms with Crippen LogP contribution < -0.4 is 0 Å². The van der Waals surface area contributed by atoms with E-state index in [2.05, 4.69) is 4.98 Å². The third-order valence-corrected chi connectivity index (χ3v) is 4.82. The number of likely N-dealkylation sites (tertiary alicyclic amines) is 1. The molecule has 0 saturated carbocycles. The van der Waals surface area contributed by atoms with Crippen LogP contribution in [0.2, 0.25) is 0 Å². The molecule has 1 unspecified atom stereocenters. The molecular weight excluding hydrogens is 364 g/mol. The van der Waals surface area contributed by atoms with Crippen LogP contribution in [-0.2, 0) is 4.79 Å². The van der Waals surface area contributed by atoms with Gasteiger partial charge < -0.3 is 4.90 Å². The molecule has 2 aromatic rings. The van der Waals surface area contributed by atoms with Gasteiger partial charge in [-0.1, -0.05) is 37.3 Å². The van der Waals surface area contributed by atoms with Crippen molar-refractivity contribution in [2.24, 2.45) is 5.92 Å². The Morgan fingerprint density at radius 3 is 2.71 bits per heavy atom. The van der Waals surface area contributed by atoms with Crippen molar-refractivity contribution in [1.29, 1.82) is 5.26 Å². The van der Waals surface area contributed by atoms with E-state index in [4.69, 9.17) is 5.26 Å². The molecule has 7 heteroatoms. The molecule has 0 radical (unpaired) electrons. The van der Waals surface area contributed by atoms with Crippen LogP contribution in [0, 0.1) is 17.2 Å². The number of benzene rings is 1. The highest BCUT2D eigenvalue weighted by Gasteiger charge is 2.48. The van der Waals surface area contributed by atoms with Gasteiger partial charge in [0.05, 0.1) is 12.6 Å². The summed E-state index contributed by atoms with van der Waals surface area (Å²) < 4.78 is 27.2. The number of pyridine rings is 1. The molecule has 0 spiro atoms. The average molecular weight is 383 g/mol. The molecular formula is C21H19F2N3O2. The highest BCUT2D eigenvalue weighted by molar-refractivity contribution is 6.03. The number of nitriles is 1. The largest absolute Gasteiger partial charge is 0.320 e. The topological polar surface area (TPSA) is 74.1 Å². The Balaban J connectivity index is 1.77. The zero-order valence-electron chi connectivity index (χ0n) is 15.3. The lowest BCUT2D eigenvalue weighted by Crippen LogP contribution is -2.39. The van der Waals surface area contributed by atoms with Crippen molar-refractivity contribution in [2.75, 3.05) is 6.54 Å². The summed E-state index contributed by atoms with van der Waals surface area (Å²) in [6.45, 7) is 0.738. The number of carbonyl (C=O) groups excluding carboxylic acids is 2. The average Bonchev–Trinajstić information content (AvgIpc) is 3.02. The van der Waals surface area contributed by atoms with Crippen LogP contribution in [0.3, 0.4) is 0 Å². The summed E-state index contributed by atoms with van der Waals surface area (Å²) in [6, 6.07) is 11.4. The number of alkyl halides is 2. The number of amides is 1. The van der Waals surface area contributed by atoms with E-state index in [0.29, 0.717) is 11.1 Å². The summed E-state index contributed by atoms with van der Waals surface area (Å²) in [6.07, 6.45) is 2.28. The van der Waals surface area contributed by atoms with Crippen molar-refractivity contribution in [3.05, 3.63) is 54.4 Å². The van der Waals surface area contributed by atoms with E-state index in [1.54, 1.807) is 18.3 Å². The highest BCUT2D eigenvalue weighted by Crippen LogP contribution is 2.33. The van der Waals surface area contributed by atoms with Gasteiger partial charge in [-0.25, -0.2) is 8.78 Å². The van der Waals surface area contributed by atoms with Crippen molar-refractivity contribution < 1.29 is 18.4 Å². The van der Waals surface area contributed by atoms with Gasteiger partial charge in [0.15, 0.2) is 5.78 Å². The number of hydrogen-bond acceptors (Lipinski definition) is 4. The number of nitrogens with zero attached hydrogens (tertiary/aromatic N) is 3. The fourth-order valence-electron chi connectivity index (χ4n) is 3.41. The molecule has 28 heavy (non-hydrogen) atoms. The first kappa shape index (κ1) is 19.6. The Hall–Kier alpha value is -3.14. The minimum Gasteiger partial charge on any atom is -0.320 e. The van der Waals surface area contributed by atoms with Crippen LogP contribution >= 0.6 is 0 Å². The molecule has 1 aliphatic heterocycles. The molecule has 1 aromatic heterocycles. The second kappa shape index (κ2) is 7.85. The summed E-state index contributed by atoms with van der Waals surface area (Å²) in [5.41, 5.74) is 1.89. The van der Waals surface area contributed by atoms with E-state index in [1.807, 2.05) is 30.3 Å². The van der Waals surface area contributed by atoms with Crippen molar-refractivity contribution in [3.8, 4) is 17.2 Å². The fourth-order valence-corrected chi connectivity index (χ4v) is 3.41. The summed E-state index contributed by atoms with van der Waals surface area (Å²) in [5.74, 6) is -4.77. The number of carbonyl (C=O) groups is 2. The molecule has 1 amide bonds. The second-order valence-corrected chi connectivity index (χ2v) is 6.99. The molecule has 1 saturated heterocycles. The van der Waals surface area contributed by atoms with Crippen molar-refractivity contribution >= 4 is 11.7 Å². The monoisotopic (exact) mass is 383 g/mol. The summed E-state index contributed by atoms with van der Waals surface area (Å²) in [7, 11) is 0. The molecule has 3 rings (SSSR count). The van der Waals surface area contributed by atoms with Crippen LogP contribution in [0.25, 0.3) is 11.1 Å². The maximum Gasteiger partial charge on any atom is 0.268 e. The second-order valence-electron chi connectivity index (χ2n) is 6.99. The molecule has 2 atom stereocenters. The summed E-state index contributed by atoms with van der Waals surface area (Å²) in [5, 5.41) is 9.07. The minimum atomic E-state index is -3.08. The number of hydrogen-bond donors (Lipinski definition) is 0. The van der Waals surface area contributed by atoms with Gasteiger partial charge in [0.2, 0.25) is 5.91 Å². The summed E-state index contributed by atoms with van der Waals surface area (Å²) >= 11 is 0. The summed E-state index contributed by atoms with van der Waals surface area (Å²) in [4.78, 5) is 30.4. The molecule has 1 aliphatic rings. The van der Waals surface area contributed by atoms with Crippen LogP contribution in [0.1, 0.15) is 30.1 Å². The van der Waals surface area contributed by atoms with Gasteiger partial charge in [-0.15, -0.1) is 0 Å². The van der Waals surface area contributed by atoms with Gasteiger partial charge in [-0.2, -0.15) is 5.26 Å². The smallest absolute Gasteiger partial charge is 0.268 e. The van der Waals surface area contributed by atoms with Gasteiger partial charge in [0.25, 0.3) is 5.92 Å². The van der Waals surface area contributed by atoms with E-state index in [9.17, 15) is 18.4 Å².